The van der Waals surface area contributed by atoms with E-state index in [1.165, 1.54) is 6.33 Å². The van der Waals surface area contributed by atoms with Gasteiger partial charge in [-0.3, -0.25) is 9.98 Å². The number of hydrogen-bond donors (Lipinski definition) is 1. The predicted molar refractivity (Wildman–Crippen MR) is 124 cm³/mol. The van der Waals surface area contributed by atoms with Crippen molar-refractivity contribution in [3.05, 3.63) is 72.3 Å². The van der Waals surface area contributed by atoms with Gasteiger partial charge in [-0.1, -0.05) is 23.7 Å². The molecule has 0 saturated carbocycles. The first kappa shape index (κ1) is 19.5. The van der Waals surface area contributed by atoms with Crippen molar-refractivity contribution in [2.24, 2.45) is 10.1 Å². The summed E-state index contributed by atoms with van der Waals surface area (Å²) in [6.07, 6.45) is 6.61. The first-order valence-corrected chi connectivity index (χ1v) is 9.46. The normalized spacial score (nSPS) is 11.0. The summed E-state index contributed by atoms with van der Waals surface area (Å²) in [6, 6.07) is 15.4. The van der Waals surface area contributed by atoms with Crippen LogP contribution in [0.4, 0.5) is 17.2 Å². The fourth-order valence-electron chi connectivity index (χ4n) is 3.04. The van der Waals surface area contributed by atoms with E-state index in [2.05, 4.69) is 37.1 Å². The Morgan fingerprint density at radius 1 is 1.07 bits per heavy atom. The smallest absolute Gasteiger partial charge is 0.141 e. The minimum atomic E-state index is 0.651. The van der Waals surface area contributed by atoms with Crippen molar-refractivity contribution in [3.63, 3.8) is 0 Å². The third-order valence-electron chi connectivity index (χ3n) is 4.42. The zero-order valence-electron chi connectivity index (χ0n) is 16.2. The van der Waals surface area contributed by atoms with Crippen LogP contribution in [0.15, 0.2) is 77.3 Å². The zero-order chi connectivity index (χ0) is 20.9. The standard InChI is InChI=1S/C22H18ClN7/c1-24-14-30(25-2)19-8-16(11-26-12-19)15-6-7-21-20(9-15)22(28-13-27-21)29-18-5-3-4-17(23)10-18/h3-14H,2H2,1H3,(H,27,28,29). The van der Waals surface area contributed by atoms with Crippen LogP contribution in [0.2, 0.25) is 5.02 Å². The molecule has 7 nitrogen and oxygen atoms in total. The van der Waals surface area contributed by atoms with Gasteiger partial charge in [0.25, 0.3) is 0 Å². The minimum absolute atomic E-state index is 0.651. The van der Waals surface area contributed by atoms with Crippen LogP contribution in [0, 0.1) is 0 Å². The Hall–Kier alpha value is -3.84. The van der Waals surface area contributed by atoms with Gasteiger partial charge in [0.15, 0.2) is 0 Å². The first-order chi connectivity index (χ1) is 14.7. The van der Waals surface area contributed by atoms with E-state index >= 15 is 0 Å². The number of halogens is 1. The Kier molecular flexibility index (Phi) is 5.63. The van der Waals surface area contributed by atoms with Gasteiger partial charge in [0.2, 0.25) is 0 Å². The number of rotatable bonds is 6. The van der Waals surface area contributed by atoms with Crippen LogP contribution in [0.25, 0.3) is 22.0 Å². The van der Waals surface area contributed by atoms with Crippen molar-refractivity contribution in [2.75, 3.05) is 17.4 Å². The summed E-state index contributed by atoms with van der Waals surface area (Å²) in [7, 11) is 1.67. The molecule has 8 heteroatoms. The largest absolute Gasteiger partial charge is 0.340 e. The summed E-state index contributed by atoms with van der Waals surface area (Å²) >= 11 is 6.10. The van der Waals surface area contributed by atoms with E-state index in [4.69, 9.17) is 11.6 Å². The quantitative estimate of drug-likeness (QED) is 0.267. The van der Waals surface area contributed by atoms with Gasteiger partial charge in [-0.15, -0.1) is 0 Å². The number of hydrogen-bond acceptors (Lipinski definition) is 6. The average Bonchev–Trinajstić information content (AvgIpc) is 2.77. The molecule has 0 aliphatic heterocycles. The van der Waals surface area contributed by atoms with Crippen LogP contribution in [-0.2, 0) is 0 Å². The summed E-state index contributed by atoms with van der Waals surface area (Å²) in [4.78, 5) is 17.1. The summed E-state index contributed by atoms with van der Waals surface area (Å²) in [5.74, 6) is 0.695. The van der Waals surface area contributed by atoms with Gasteiger partial charge >= 0.3 is 0 Å². The Morgan fingerprint density at radius 3 is 2.77 bits per heavy atom. The predicted octanol–water partition coefficient (Wildman–Crippen LogP) is 5.17. The molecule has 4 aromatic rings. The fourth-order valence-corrected chi connectivity index (χ4v) is 3.23. The summed E-state index contributed by atoms with van der Waals surface area (Å²) < 4.78 is 0. The maximum Gasteiger partial charge on any atom is 0.141 e. The SMILES string of the molecule is C=NN(C=NC)c1cncc(-c2ccc3ncnc(Nc4cccc(Cl)c4)c3c2)c1. The molecule has 30 heavy (non-hydrogen) atoms. The number of anilines is 3. The van der Waals surface area contributed by atoms with E-state index in [9.17, 15) is 0 Å². The number of benzene rings is 2. The molecule has 148 valence electrons. The number of pyridine rings is 1. The number of nitrogens with zero attached hydrogens (tertiary/aromatic N) is 6. The Labute approximate surface area is 178 Å². The summed E-state index contributed by atoms with van der Waals surface area (Å²) in [5, 5.41) is 10.4. The molecule has 2 heterocycles. The molecule has 0 fully saturated rings. The molecule has 0 radical (unpaired) electrons. The maximum absolute atomic E-state index is 6.10. The van der Waals surface area contributed by atoms with Crippen molar-refractivity contribution in [1.29, 1.82) is 0 Å². The Morgan fingerprint density at radius 2 is 1.97 bits per heavy atom. The van der Waals surface area contributed by atoms with Gasteiger partial charge < -0.3 is 5.32 Å². The third kappa shape index (κ3) is 4.11. The van der Waals surface area contributed by atoms with Crippen molar-refractivity contribution < 1.29 is 0 Å². The number of aliphatic imine (C=N–C) groups is 1. The number of nitrogens with one attached hydrogen (secondary N) is 1. The molecule has 1 N–H and O–H groups in total. The second-order valence-electron chi connectivity index (χ2n) is 6.38. The molecular formula is C22H18ClN7. The lowest BCUT2D eigenvalue weighted by molar-refractivity contribution is 1.14. The van der Waals surface area contributed by atoms with E-state index in [0.717, 1.165) is 33.4 Å². The van der Waals surface area contributed by atoms with Gasteiger partial charge in [0.1, 0.15) is 18.5 Å². The van der Waals surface area contributed by atoms with Gasteiger partial charge in [0.05, 0.1) is 17.4 Å². The highest BCUT2D eigenvalue weighted by molar-refractivity contribution is 6.30. The summed E-state index contributed by atoms with van der Waals surface area (Å²) in [5.41, 5.74) is 4.33. The topological polar surface area (TPSA) is 78.7 Å². The lowest BCUT2D eigenvalue weighted by atomic mass is 10.0. The minimum Gasteiger partial charge on any atom is -0.340 e. The van der Waals surface area contributed by atoms with Crippen molar-refractivity contribution in [3.8, 4) is 11.1 Å². The fraction of sp³-hybridized carbons (Fsp3) is 0.0455. The highest BCUT2D eigenvalue weighted by Gasteiger charge is 2.09. The van der Waals surface area contributed by atoms with Gasteiger partial charge in [-0.05, 0) is 42.0 Å². The van der Waals surface area contributed by atoms with Crippen molar-refractivity contribution in [1.82, 2.24) is 15.0 Å². The van der Waals surface area contributed by atoms with Gasteiger partial charge in [0, 0.05) is 41.6 Å². The van der Waals surface area contributed by atoms with Crippen molar-refractivity contribution >= 4 is 52.8 Å². The molecular weight excluding hydrogens is 398 g/mol. The molecule has 0 aliphatic rings. The highest BCUT2D eigenvalue weighted by atomic mass is 35.5. The van der Waals surface area contributed by atoms with Gasteiger partial charge in [-0.25, -0.2) is 15.0 Å². The molecule has 2 aromatic carbocycles. The second-order valence-corrected chi connectivity index (χ2v) is 6.82. The van der Waals surface area contributed by atoms with Crippen molar-refractivity contribution in [2.45, 2.75) is 0 Å². The monoisotopic (exact) mass is 415 g/mol. The van der Waals surface area contributed by atoms with E-state index in [0.29, 0.717) is 10.8 Å². The van der Waals surface area contributed by atoms with Crippen LogP contribution in [-0.4, -0.2) is 35.1 Å². The molecule has 0 spiro atoms. The lowest BCUT2D eigenvalue weighted by Gasteiger charge is -2.14. The van der Waals surface area contributed by atoms with Crippen LogP contribution >= 0.6 is 11.6 Å². The molecule has 0 unspecified atom stereocenters. The Bertz CT molecular complexity index is 1240. The van der Waals surface area contributed by atoms with E-state index in [-0.39, 0.29) is 0 Å². The molecule has 0 amide bonds. The van der Waals surface area contributed by atoms with E-state index in [1.54, 1.807) is 30.8 Å². The maximum atomic E-state index is 6.10. The first-order valence-electron chi connectivity index (χ1n) is 9.09. The molecule has 0 atom stereocenters. The third-order valence-corrected chi connectivity index (χ3v) is 4.66. The van der Waals surface area contributed by atoms with Crippen LogP contribution in [0.5, 0.6) is 0 Å². The van der Waals surface area contributed by atoms with Crippen LogP contribution in [0.3, 0.4) is 0 Å². The second kappa shape index (κ2) is 8.67. The average molecular weight is 416 g/mol. The molecule has 2 aromatic heterocycles. The highest BCUT2D eigenvalue weighted by Crippen LogP contribution is 2.30. The Balaban J connectivity index is 1.75. The number of fused-ring (bicyclic) bond motifs is 1. The molecule has 0 bridgehead atoms. The lowest BCUT2D eigenvalue weighted by Crippen LogP contribution is -2.12. The zero-order valence-corrected chi connectivity index (χ0v) is 17.0. The molecule has 0 saturated heterocycles. The van der Waals surface area contributed by atoms with E-state index in [1.807, 2.05) is 48.5 Å². The van der Waals surface area contributed by atoms with Crippen LogP contribution < -0.4 is 10.3 Å². The molecule has 0 aliphatic carbocycles. The number of hydrazone groups is 1. The van der Waals surface area contributed by atoms with Crippen LogP contribution in [0.1, 0.15) is 0 Å². The van der Waals surface area contributed by atoms with Gasteiger partial charge in [-0.2, -0.15) is 5.10 Å². The number of aromatic nitrogens is 3. The van der Waals surface area contributed by atoms with E-state index < -0.39 is 0 Å². The summed E-state index contributed by atoms with van der Waals surface area (Å²) in [6.45, 7) is 3.58. The molecule has 4 rings (SSSR count).